The first-order valence-electron chi connectivity index (χ1n) is 3.59. The van der Waals surface area contributed by atoms with Gasteiger partial charge in [-0.25, -0.2) is 14.4 Å². The molecule has 0 saturated carbocycles. The second-order valence-electron chi connectivity index (χ2n) is 2.59. The predicted octanol–water partition coefficient (Wildman–Crippen LogP) is -0.106. The van der Waals surface area contributed by atoms with Gasteiger partial charge in [-0.05, 0) is 22.0 Å². The summed E-state index contributed by atoms with van der Waals surface area (Å²) in [5.41, 5.74) is 0. The van der Waals surface area contributed by atoms with Crippen LogP contribution in [-0.2, 0) is 9.59 Å². The Morgan fingerprint density at radius 2 is 1.79 bits per heavy atom. The third-order valence-electron chi connectivity index (χ3n) is 1.63. The largest absolute Gasteiger partial charge is 0.338 e. The van der Waals surface area contributed by atoms with Crippen LogP contribution >= 0.6 is 15.9 Å². The Labute approximate surface area is 85.3 Å². The monoisotopic (exact) mass is 256 g/mol. The minimum Gasteiger partial charge on any atom is -0.261 e. The van der Waals surface area contributed by atoms with Crippen molar-refractivity contribution in [3.05, 3.63) is 33.1 Å². The molecule has 14 heavy (non-hydrogen) atoms. The molecule has 0 unspecified atom stereocenters. The Morgan fingerprint density at radius 3 is 2.50 bits per heavy atom. The number of rotatable bonds is 0. The van der Waals surface area contributed by atoms with Crippen LogP contribution in [0.1, 0.15) is 0 Å². The summed E-state index contributed by atoms with van der Waals surface area (Å²) in [7, 11) is 0. The fraction of sp³-hybridized carbons (Fsp3) is 0. The van der Waals surface area contributed by atoms with E-state index in [9.17, 15) is 14.0 Å². The molecule has 0 spiro atoms. The fourth-order valence-electron chi connectivity index (χ4n) is 1.05. The molecule has 6 heteroatoms. The molecule has 0 aliphatic carbocycles. The Morgan fingerprint density at radius 1 is 1.14 bits per heavy atom. The van der Waals surface area contributed by atoms with Crippen molar-refractivity contribution in [1.82, 2.24) is 0 Å². The molecule has 0 N–H and O–H groups in total. The number of amides is 2. The molecule has 1 heterocycles. The molecule has 0 aromatic heterocycles. The van der Waals surface area contributed by atoms with E-state index in [4.69, 9.17) is 0 Å². The summed E-state index contributed by atoms with van der Waals surface area (Å²) in [6, 6.07) is 2.20. The lowest BCUT2D eigenvalue weighted by atomic mass is 10.3. The first kappa shape index (κ1) is 9.14. The van der Waals surface area contributed by atoms with Gasteiger partial charge < -0.3 is 0 Å². The maximum absolute atomic E-state index is 12.9. The summed E-state index contributed by atoms with van der Waals surface area (Å²) in [5.74, 6) is -2.46. The number of hydrogen-bond donors (Lipinski definition) is 0. The SMILES string of the molecule is O=C1N=c2cc(F)cc(Br)c2=NC1=O. The van der Waals surface area contributed by atoms with E-state index < -0.39 is 17.6 Å². The van der Waals surface area contributed by atoms with Gasteiger partial charge in [-0.2, -0.15) is 0 Å². The van der Waals surface area contributed by atoms with Crippen molar-refractivity contribution >= 4 is 27.7 Å². The van der Waals surface area contributed by atoms with Crippen molar-refractivity contribution in [2.24, 2.45) is 9.98 Å². The van der Waals surface area contributed by atoms with Crippen molar-refractivity contribution in [2.75, 3.05) is 0 Å². The summed E-state index contributed by atoms with van der Waals surface area (Å²) in [6.45, 7) is 0. The molecule has 0 atom stereocenters. The molecule has 1 aliphatic rings. The number of halogens is 2. The van der Waals surface area contributed by atoms with Gasteiger partial charge in [-0.3, -0.25) is 9.59 Å². The highest BCUT2D eigenvalue weighted by Gasteiger charge is 2.16. The number of benzene rings is 1. The minimum atomic E-state index is -0.977. The Balaban J connectivity index is 2.92. The second-order valence-corrected chi connectivity index (χ2v) is 3.44. The zero-order valence-corrected chi connectivity index (χ0v) is 8.21. The number of carbonyl (C=O) groups is 2. The summed E-state index contributed by atoms with van der Waals surface area (Å²) >= 11 is 3.02. The van der Waals surface area contributed by atoms with E-state index >= 15 is 0 Å². The lowest BCUT2D eigenvalue weighted by molar-refractivity contribution is -0.135. The van der Waals surface area contributed by atoms with Crippen LogP contribution in [0.15, 0.2) is 26.6 Å². The van der Waals surface area contributed by atoms with Crippen LogP contribution in [0.25, 0.3) is 0 Å². The van der Waals surface area contributed by atoms with E-state index in [1.807, 2.05) is 0 Å². The van der Waals surface area contributed by atoms with Crippen molar-refractivity contribution < 1.29 is 14.0 Å². The topological polar surface area (TPSA) is 58.9 Å². The highest BCUT2D eigenvalue weighted by atomic mass is 79.9. The lowest BCUT2D eigenvalue weighted by Gasteiger charge is -1.98. The number of hydrogen-bond acceptors (Lipinski definition) is 2. The van der Waals surface area contributed by atoms with E-state index in [0.29, 0.717) is 4.47 Å². The highest BCUT2D eigenvalue weighted by Crippen LogP contribution is 2.03. The smallest absolute Gasteiger partial charge is 0.261 e. The zero-order valence-electron chi connectivity index (χ0n) is 6.62. The molecular weight excluding hydrogens is 255 g/mol. The molecule has 1 aromatic rings. The molecule has 4 nitrogen and oxygen atoms in total. The predicted molar refractivity (Wildman–Crippen MR) is 46.4 cm³/mol. The van der Waals surface area contributed by atoms with Gasteiger partial charge in [-0.15, -0.1) is 0 Å². The van der Waals surface area contributed by atoms with Crippen LogP contribution in [0.5, 0.6) is 0 Å². The van der Waals surface area contributed by atoms with Gasteiger partial charge in [0.15, 0.2) is 0 Å². The average molecular weight is 257 g/mol. The Bertz CT molecular complexity index is 567. The number of fused-ring (bicyclic) bond motifs is 1. The van der Waals surface area contributed by atoms with Crippen molar-refractivity contribution in [3.8, 4) is 0 Å². The molecule has 2 rings (SSSR count). The lowest BCUT2D eigenvalue weighted by Crippen LogP contribution is -2.35. The molecule has 1 aromatic carbocycles. The molecule has 0 radical (unpaired) electrons. The van der Waals surface area contributed by atoms with E-state index in [1.54, 1.807) is 0 Å². The quantitative estimate of drug-likeness (QED) is 0.609. The fourth-order valence-corrected chi connectivity index (χ4v) is 1.57. The van der Waals surface area contributed by atoms with Gasteiger partial charge in [0.25, 0.3) is 0 Å². The van der Waals surface area contributed by atoms with Crippen LogP contribution in [-0.4, -0.2) is 11.8 Å². The third-order valence-corrected chi connectivity index (χ3v) is 2.23. The van der Waals surface area contributed by atoms with E-state index in [2.05, 4.69) is 25.9 Å². The maximum Gasteiger partial charge on any atom is 0.338 e. The zero-order chi connectivity index (χ0) is 10.3. The van der Waals surface area contributed by atoms with Crippen LogP contribution < -0.4 is 10.7 Å². The van der Waals surface area contributed by atoms with E-state index in [0.717, 1.165) is 12.1 Å². The summed E-state index contributed by atoms with van der Waals surface area (Å²) in [4.78, 5) is 28.6. The Kier molecular flexibility index (Phi) is 1.99. The number of nitrogens with zero attached hydrogens (tertiary/aromatic N) is 2. The van der Waals surface area contributed by atoms with Gasteiger partial charge in [-0.1, -0.05) is 0 Å². The second kappa shape index (κ2) is 3.06. The van der Waals surface area contributed by atoms with Crippen LogP contribution in [0.2, 0.25) is 0 Å². The molecule has 0 saturated heterocycles. The van der Waals surface area contributed by atoms with Gasteiger partial charge in [0.2, 0.25) is 0 Å². The van der Waals surface area contributed by atoms with Crippen LogP contribution in [0, 0.1) is 5.82 Å². The normalized spacial score (nSPS) is 14.4. The Hall–Kier alpha value is -1.43. The highest BCUT2D eigenvalue weighted by molar-refractivity contribution is 9.10. The van der Waals surface area contributed by atoms with Gasteiger partial charge in [0.05, 0.1) is 5.36 Å². The van der Waals surface area contributed by atoms with Crippen molar-refractivity contribution in [3.63, 3.8) is 0 Å². The van der Waals surface area contributed by atoms with Crippen LogP contribution in [0.4, 0.5) is 4.39 Å². The van der Waals surface area contributed by atoms with Gasteiger partial charge >= 0.3 is 11.8 Å². The van der Waals surface area contributed by atoms with E-state index in [-0.39, 0.29) is 10.7 Å². The first-order valence-corrected chi connectivity index (χ1v) is 4.38. The van der Waals surface area contributed by atoms with Crippen LogP contribution in [0.3, 0.4) is 0 Å². The third kappa shape index (κ3) is 1.37. The van der Waals surface area contributed by atoms with E-state index in [1.165, 1.54) is 0 Å². The summed E-state index contributed by atoms with van der Waals surface area (Å²) in [5, 5.41) is 0.262. The van der Waals surface area contributed by atoms with Gasteiger partial charge in [0.1, 0.15) is 11.2 Å². The molecule has 2 amide bonds. The van der Waals surface area contributed by atoms with Crippen molar-refractivity contribution in [1.29, 1.82) is 0 Å². The summed E-state index contributed by atoms with van der Waals surface area (Å²) < 4.78 is 13.2. The van der Waals surface area contributed by atoms with Crippen molar-refractivity contribution in [2.45, 2.75) is 0 Å². The molecular formula is C8H2BrFN2O2. The standard InChI is InChI=1S/C8H2BrFN2O2/c9-4-1-3(10)2-5-6(4)12-8(14)7(13)11-5/h1-2H. The average Bonchev–Trinajstić information content (AvgIpc) is 2.08. The maximum atomic E-state index is 12.9. The minimum absolute atomic E-state index is 0.0708. The summed E-state index contributed by atoms with van der Waals surface area (Å²) in [6.07, 6.45) is 0. The van der Waals surface area contributed by atoms with Gasteiger partial charge in [0, 0.05) is 10.5 Å². The molecule has 0 bridgehead atoms. The number of carbonyl (C=O) groups excluding carboxylic acids is 2. The molecule has 1 aliphatic heterocycles. The molecule has 0 fully saturated rings. The molecule has 70 valence electrons. The first-order chi connectivity index (χ1) is 6.58.